The van der Waals surface area contributed by atoms with Crippen LogP contribution in [0.2, 0.25) is 0 Å². The molecule has 4 rings (SSSR count). The molecule has 0 aliphatic carbocycles. The van der Waals surface area contributed by atoms with Gasteiger partial charge in [-0.1, -0.05) is 72.8 Å². The van der Waals surface area contributed by atoms with E-state index in [0.717, 1.165) is 25.9 Å². The molecule has 31 heavy (non-hydrogen) atoms. The van der Waals surface area contributed by atoms with Crippen LogP contribution in [-0.2, 0) is 13.0 Å². The quantitative estimate of drug-likeness (QED) is 0.638. The average Bonchev–Trinajstić information content (AvgIpc) is 2.82. The van der Waals surface area contributed by atoms with E-state index in [-0.39, 0.29) is 18.0 Å². The third-order valence-electron chi connectivity index (χ3n) is 5.89. The number of nitrogens with one attached hydrogen (secondary N) is 1. The Morgan fingerprint density at radius 3 is 2.16 bits per heavy atom. The Kier molecular flexibility index (Phi) is 6.76. The predicted octanol–water partition coefficient (Wildman–Crippen LogP) is 4.77. The summed E-state index contributed by atoms with van der Waals surface area (Å²) in [7, 11) is 0. The van der Waals surface area contributed by atoms with Crippen LogP contribution in [0.25, 0.3) is 0 Å². The topological polar surface area (TPSA) is 56.1 Å². The molecule has 2 unspecified atom stereocenters. The Morgan fingerprint density at radius 2 is 1.52 bits per heavy atom. The van der Waals surface area contributed by atoms with Crippen LogP contribution < -0.4 is 5.32 Å². The van der Waals surface area contributed by atoms with Gasteiger partial charge < -0.3 is 5.32 Å². The van der Waals surface area contributed by atoms with Crippen LogP contribution in [0.15, 0.2) is 84.9 Å². The van der Waals surface area contributed by atoms with E-state index < -0.39 is 0 Å². The number of likely N-dealkylation sites (tertiary alicyclic amines) is 1. The summed E-state index contributed by atoms with van der Waals surface area (Å²) in [5.41, 5.74) is 4.29. The van der Waals surface area contributed by atoms with Crippen LogP contribution in [0.4, 0.5) is 0 Å². The van der Waals surface area contributed by atoms with Gasteiger partial charge in [0.25, 0.3) is 5.91 Å². The summed E-state index contributed by atoms with van der Waals surface area (Å²) < 4.78 is 0. The molecular formula is C27H27N3O. The van der Waals surface area contributed by atoms with Gasteiger partial charge in [-0.25, -0.2) is 0 Å². The summed E-state index contributed by atoms with van der Waals surface area (Å²) >= 11 is 0. The van der Waals surface area contributed by atoms with Gasteiger partial charge in [-0.15, -0.1) is 0 Å². The predicted molar refractivity (Wildman–Crippen MR) is 122 cm³/mol. The Balaban J connectivity index is 1.42. The van der Waals surface area contributed by atoms with E-state index in [1.165, 1.54) is 16.7 Å². The van der Waals surface area contributed by atoms with Gasteiger partial charge in [0.2, 0.25) is 0 Å². The zero-order valence-corrected chi connectivity index (χ0v) is 17.6. The van der Waals surface area contributed by atoms with E-state index in [1.807, 2.05) is 60.7 Å². The fourth-order valence-electron chi connectivity index (χ4n) is 4.13. The van der Waals surface area contributed by atoms with Crippen molar-refractivity contribution < 1.29 is 4.79 Å². The van der Waals surface area contributed by atoms with Crippen molar-refractivity contribution in [2.75, 3.05) is 6.54 Å². The van der Waals surface area contributed by atoms with Crippen molar-refractivity contribution in [3.8, 4) is 6.07 Å². The standard InChI is InChI=1S/C27H27N3O/c28-19-24-15-16-30(20-23-9-5-2-6-10-23)26(18-24)29-27(31)25-13-11-22(12-14-25)17-21-7-3-1-4-8-21/h1-14,24,26H,15-18,20H2,(H,29,31). The number of nitrogens with zero attached hydrogens (tertiary/aromatic N) is 2. The molecule has 3 aromatic carbocycles. The number of piperidine rings is 1. The molecule has 0 saturated carbocycles. The van der Waals surface area contributed by atoms with Gasteiger partial charge >= 0.3 is 0 Å². The minimum absolute atomic E-state index is 0.0226. The number of nitriles is 1. The molecule has 1 heterocycles. The molecule has 0 aromatic heterocycles. The van der Waals surface area contributed by atoms with Gasteiger partial charge in [0.1, 0.15) is 0 Å². The second kappa shape index (κ2) is 10.1. The van der Waals surface area contributed by atoms with Gasteiger partial charge in [-0.3, -0.25) is 9.69 Å². The summed E-state index contributed by atoms with van der Waals surface area (Å²) in [6.07, 6.45) is 2.19. The lowest BCUT2D eigenvalue weighted by atomic mass is 9.95. The van der Waals surface area contributed by atoms with E-state index in [9.17, 15) is 10.1 Å². The zero-order chi connectivity index (χ0) is 21.5. The number of carbonyl (C=O) groups excluding carboxylic acids is 1. The zero-order valence-electron chi connectivity index (χ0n) is 17.6. The number of rotatable bonds is 6. The third kappa shape index (κ3) is 5.59. The molecule has 1 saturated heterocycles. The normalized spacial score (nSPS) is 18.8. The van der Waals surface area contributed by atoms with Crippen LogP contribution in [0.1, 0.15) is 39.9 Å². The second-order valence-corrected chi connectivity index (χ2v) is 8.16. The molecule has 1 aliphatic rings. The van der Waals surface area contributed by atoms with Crippen LogP contribution in [0.5, 0.6) is 0 Å². The number of hydrogen-bond donors (Lipinski definition) is 1. The van der Waals surface area contributed by atoms with Crippen LogP contribution in [0, 0.1) is 17.2 Å². The Hall–Kier alpha value is -3.42. The average molecular weight is 410 g/mol. The first-order valence-corrected chi connectivity index (χ1v) is 10.8. The number of carbonyl (C=O) groups is 1. The molecule has 1 aliphatic heterocycles. The maximum absolute atomic E-state index is 13.0. The first-order valence-electron chi connectivity index (χ1n) is 10.8. The van der Waals surface area contributed by atoms with Crippen LogP contribution >= 0.6 is 0 Å². The maximum atomic E-state index is 13.0. The molecule has 156 valence electrons. The molecule has 4 heteroatoms. The molecule has 4 nitrogen and oxygen atoms in total. The van der Waals surface area contributed by atoms with Gasteiger partial charge in [0.15, 0.2) is 0 Å². The highest BCUT2D eigenvalue weighted by Gasteiger charge is 2.29. The molecule has 1 fully saturated rings. The Morgan fingerprint density at radius 1 is 0.903 bits per heavy atom. The number of hydrogen-bond acceptors (Lipinski definition) is 3. The lowest BCUT2D eigenvalue weighted by molar-refractivity contribution is 0.0697. The van der Waals surface area contributed by atoms with Crippen molar-refractivity contribution in [1.29, 1.82) is 5.26 Å². The van der Waals surface area contributed by atoms with Crippen molar-refractivity contribution in [3.63, 3.8) is 0 Å². The number of amides is 1. The van der Waals surface area contributed by atoms with Crippen molar-refractivity contribution in [2.24, 2.45) is 5.92 Å². The Labute approximate surface area is 184 Å². The summed E-state index contributed by atoms with van der Waals surface area (Å²) in [5, 5.41) is 12.6. The SMILES string of the molecule is N#CC1CCN(Cc2ccccc2)C(NC(=O)c2ccc(Cc3ccccc3)cc2)C1. The minimum atomic E-state index is -0.143. The highest BCUT2D eigenvalue weighted by molar-refractivity contribution is 5.94. The summed E-state index contributed by atoms with van der Waals surface area (Å²) in [4.78, 5) is 15.2. The third-order valence-corrected chi connectivity index (χ3v) is 5.89. The fourth-order valence-corrected chi connectivity index (χ4v) is 4.13. The number of benzene rings is 3. The fraction of sp³-hybridized carbons (Fsp3) is 0.259. The largest absolute Gasteiger partial charge is 0.336 e. The highest BCUT2D eigenvalue weighted by atomic mass is 16.1. The lowest BCUT2D eigenvalue weighted by Crippen LogP contribution is -2.52. The molecule has 1 amide bonds. The smallest absolute Gasteiger partial charge is 0.252 e. The van der Waals surface area contributed by atoms with Crippen molar-refractivity contribution in [1.82, 2.24) is 10.2 Å². The highest BCUT2D eigenvalue weighted by Crippen LogP contribution is 2.23. The molecule has 1 N–H and O–H groups in total. The maximum Gasteiger partial charge on any atom is 0.252 e. The molecule has 2 atom stereocenters. The molecule has 0 bridgehead atoms. The second-order valence-electron chi connectivity index (χ2n) is 8.16. The summed E-state index contributed by atoms with van der Waals surface area (Å²) in [5.74, 6) is -0.113. The van der Waals surface area contributed by atoms with E-state index >= 15 is 0 Å². The van der Waals surface area contributed by atoms with Gasteiger partial charge in [0.05, 0.1) is 18.2 Å². The van der Waals surface area contributed by atoms with Gasteiger partial charge in [-0.2, -0.15) is 5.26 Å². The van der Waals surface area contributed by atoms with Gasteiger partial charge in [0, 0.05) is 18.7 Å². The monoisotopic (exact) mass is 409 g/mol. The summed E-state index contributed by atoms with van der Waals surface area (Å²) in [6, 6.07) is 30.8. The van der Waals surface area contributed by atoms with Crippen LogP contribution in [-0.4, -0.2) is 23.5 Å². The molecular weight excluding hydrogens is 382 g/mol. The van der Waals surface area contributed by atoms with Crippen LogP contribution in [0.3, 0.4) is 0 Å². The molecule has 0 spiro atoms. The summed E-state index contributed by atoms with van der Waals surface area (Å²) in [6.45, 7) is 1.56. The Bertz CT molecular complexity index is 1030. The molecule has 3 aromatic rings. The first-order chi connectivity index (χ1) is 15.2. The van der Waals surface area contributed by atoms with E-state index in [2.05, 4.69) is 40.6 Å². The first kappa shape index (κ1) is 20.8. The minimum Gasteiger partial charge on any atom is -0.336 e. The van der Waals surface area contributed by atoms with E-state index in [4.69, 9.17) is 0 Å². The van der Waals surface area contributed by atoms with Crippen molar-refractivity contribution in [3.05, 3.63) is 107 Å². The van der Waals surface area contributed by atoms with E-state index in [1.54, 1.807) is 0 Å². The van der Waals surface area contributed by atoms with Gasteiger partial charge in [-0.05, 0) is 48.1 Å². The lowest BCUT2D eigenvalue weighted by Gasteiger charge is -2.38. The van der Waals surface area contributed by atoms with Crippen molar-refractivity contribution in [2.45, 2.75) is 32.0 Å². The van der Waals surface area contributed by atoms with E-state index in [0.29, 0.717) is 12.0 Å². The molecule has 0 radical (unpaired) electrons. The van der Waals surface area contributed by atoms with Crippen molar-refractivity contribution >= 4 is 5.91 Å².